The van der Waals surface area contributed by atoms with Gasteiger partial charge in [0.2, 0.25) is 46.4 Å². The number of phosphoric ester groups is 1. The molecule has 1 aliphatic heterocycles. The number of methoxy groups -OCH3 is 2. The molecule has 0 saturated carbocycles. The number of nitrogens with zero attached hydrogens (tertiary/aromatic N) is 10. The van der Waals surface area contributed by atoms with Crippen LogP contribution in [-0.4, -0.2) is 276 Å². The largest absolute Gasteiger partial charge is 0.472 e. The van der Waals surface area contributed by atoms with Gasteiger partial charge in [0.15, 0.2) is 9.84 Å². The lowest BCUT2D eigenvalue weighted by Gasteiger charge is -2.41. The zero-order valence-electron chi connectivity index (χ0n) is 70.7. The number of amides is 11. The van der Waals surface area contributed by atoms with E-state index in [1.165, 1.54) is 44.5 Å². The Balaban J connectivity index is 1.22. The number of aliphatic hydroxyl groups excluding tert-OH is 1. The fourth-order valence-electron chi connectivity index (χ4n) is 13.6. The SMILES string of the molecule is CC[C@H](C)[C@@H]([C@@H](CC(=O)N1CCC[C@H]1[C@H](OC)[C@@H](C)C(=O)N[C@H](C)[C@@H](O)c1ccccc1)OC)N(C)C(=O)[C@@H](NC(=O)[C@H](C(C)C)N(C)C(=O)OCc1ccc(NC(=O)[C@H](CCCNC(N)=O)NC(=O)[C@@H](NC(=O)Cn2cc(CN(CCOP(=O)(O)OCC[N+](C)(C)C)C(=O)c3cnc(S(C)(=O)=O)c([N+](=O)[O-])c3)nn2)C(C)C)cc1)C(C)C. The number of nitrogens with one attached hydrogen (secondary N) is 6. The molecule has 118 heavy (non-hydrogen) atoms. The summed E-state index contributed by atoms with van der Waals surface area (Å²) in [6.07, 6.45) is 1.20. The number of ether oxygens (including phenoxy) is 3. The Morgan fingerprint density at radius 1 is 0.822 bits per heavy atom. The number of urea groups is 1. The minimum atomic E-state index is -4.68. The summed E-state index contributed by atoms with van der Waals surface area (Å²) in [5.74, 6) is -7.41. The van der Waals surface area contributed by atoms with E-state index in [4.69, 9.17) is 29.0 Å². The minimum Gasteiger partial charge on any atom is -0.445 e. The number of aromatic nitrogens is 4. The van der Waals surface area contributed by atoms with Gasteiger partial charge in [0.05, 0.1) is 99.8 Å². The molecule has 2 aromatic heterocycles. The third-order valence-electron chi connectivity index (χ3n) is 20.3. The molecule has 0 radical (unpaired) electrons. The summed E-state index contributed by atoms with van der Waals surface area (Å²) in [5, 5.41) is 46.4. The van der Waals surface area contributed by atoms with E-state index < -0.39 is 197 Å². The second-order valence-electron chi connectivity index (χ2n) is 31.7. The molecule has 1 unspecified atom stereocenters. The van der Waals surface area contributed by atoms with Crippen LogP contribution < -0.4 is 37.6 Å². The summed E-state index contributed by atoms with van der Waals surface area (Å²) in [4.78, 5) is 169. The molecule has 2 aromatic carbocycles. The summed E-state index contributed by atoms with van der Waals surface area (Å²) in [7, 11) is 2.56. The lowest BCUT2D eigenvalue weighted by molar-refractivity contribution is -0.870. The molecule has 4 aromatic rings. The third kappa shape index (κ3) is 29.7. The van der Waals surface area contributed by atoms with Crippen LogP contribution in [0.25, 0.3) is 0 Å². The number of carbonyl (C=O) groups is 10. The molecule has 13 atom stereocenters. The highest BCUT2D eigenvalue weighted by molar-refractivity contribution is 7.90. The van der Waals surface area contributed by atoms with Gasteiger partial charge in [-0.3, -0.25) is 62.4 Å². The molecule has 11 amide bonds. The topological polar surface area (TPSA) is 506 Å². The second kappa shape index (κ2) is 45.5. The lowest BCUT2D eigenvalue weighted by atomic mass is 9.89. The monoisotopic (exact) mass is 1700 g/mol. The Kier molecular flexibility index (Phi) is 38.1. The number of likely N-dealkylation sites (tertiary alicyclic amines) is 1. The molecule has 1 fully saturated rings. The van der Waals surface area contributed by atoms with Gasteiger partial charge >= 0.3 is 25.6 Å². The number of hydrogen-bond acceptors (Lipinski definition) is 24. The lowest BCUT2D eigenvalue weighted by Crippen LogP contribution is -2.60. The number of nitro groups is 1. The van der Waals surface area contributed by atoms with Crippen molar-refractivity contribution in [2.45, 2.75) is 193 Å². The number of phosphoric acid groups is 1. The van der Waals surface area contributed by atoms with Gasteiger partial charge in [0.25, 0.3) is 5.91 Å². The van der Waals surface area contributed by atoms with Crippen molar-refractivity contribution in [2.75, 3.05) is 100 Å². The van der Waals surface area contributed by atoms with Crippen LogP contribution in [0.1, 0.15) is 141 Å². The van der Waals surface area contributed by atoms with Gasteiger partial charge in [0.1, 0.15) is 56.2 Å². The Bertz CT molecular complexity index is 4230. The Hall–Kier alpha value is -9.67. The Morgan fingerprint density at radius 3 is 2.04 bits per heavy atom. The van der Waals surface area contributed by atoms with Crippen molar-refractivity contribution in [3.05, 3.63) is 106 Å². The van der Waals surface area contributed by atoms with Gasteiger partial charge in [-0.1, -0.05) is 116 Å². The van der Waals surface area contributed by atoms with Gasteiger partial charge in [-0.25, -0.2) is 32.2 Å². The van der Waals surface area contributed by atoms with E-state index in [2.05, 4.69) is 47.2 Å². The fraction of sp³-hybridized carbons (Fsp3) is 0.623. The van der Waals surface area contributed by atoms with Crippen LogP contribution in [0.3, 0.4) is 0 Å². The molecule has 5 rings (SSSR count). The van der Waals surface area contributed by atoms with E-state index in [0.717, 1.165) is 20.7 Å². The Morgan fingerprint density at radius 2 is 1.47 bits per heavy atom. The van der Waals surface area contributed by atoms with Gasteiger partial charge in [-0.2, -0.15) is 0 Å². The number of primary amides is 1. The van der Waals surface area contributed by atoms with Crippen molar-refractivity contribution in [3.63, 3.8) is 0 Å². The van der Waals surface area contributed by atoms with E-state index >= 15 is 0 Å². The van der Waals surface area contributed by atoms with Crippen LogP contribution >= 0.6 is 7.82 Å². The Labute approximate surface area is 689 Å². The van der Waals surface area contributed by atoms with Crippen LogP contribution in [0.5, 0.6) is 0 Å². The molecule has 10 N–H and O–H groups in total. The summed E-state index contributed by atoms with van der Waals surface area (Å²) >= 11 is 0. The van der Waals surface area contributed by atoms with Crippen LogP contribution in [0, 0.1) is 39.7 Å². The number of nitrogens with two attached hydrogens (primary N) is 1. The summed E-state index contributed by atoms with van der Waals surface area (Å²) < 4.78 is 66.8. The maximum atomic E-state index is 14.9. The molecule has 41 heteroatoms. The summed E-state index contributed by atoms with van der Waals surface area (Å²) in [6.45, 7) is 15.8. The van der Waals surface area contributed by atoms with Crippen molar-refractivity contribution in [1.82, 2.24) is 66.2 Å². The molecule has 656 valence electrons. The third-order valence-corrected chi connectivity index (χ3v) is 22.4. The van der Waals surface area contributed by atoms with Crippen LogP contribution in [0.2, 0.25) is 0 Å². The van der Waals surface area contributed by atoms with Gasteiger partial charge in [0, 0.05) is 72.2 Å². The maximum Gasteiger partial charge on any atom is 0.472 e. The number of benzene rings is 2. The molecule has 1 aliphatic rings. The number of sulfone groups is 1. The van der Waals surface area contributed by atoms with Crippen molar-refractivity contribution in [2.24, 2.45) is 35.3 Å². The average molecular weight is 1700 g/mol. The van der Waals surface area contributed by atoms with Crippen LogP contribution in [-0.2, 0) is 90.9 Å². The number of rotatable bonds is 47. The number of quaternary nitrogens is 1. The minimum absolute atomic E-state index is 0.00837. The predicted molar refractivity (Wildman–Crippen MR) is 432 cm³/mol. The highest BCUT2D eigenvalue weighted by Crippen LogP contribution is 2.43. The van der Waals surface area contributed by atoms with Crippen molar-refractivity contribution < 1.29 is 104 Å². The first kappa shape index (κ1) is 98.9. The van der Waals surface area contributed by atoms with Crippen LogP contribution in [0.4, 0.5) is 21.0 Å². The number of aliphatic hydroxyl groups is 1. The second-order valence-corrected chi connectivity index (χ2v) is 35.0. The molecule has 0 aliphatic carbocycles. The normalized spacial score (nSPS) is 16.4. The highest BCUT2D eigenvalue weighted by Gasteiger charge is 2.45. The smallest absolute Gasteiger partial charge is 0.445 e. The van der Waals surface area contributed by atoms with Crippen LogP contribution in [0.15, 0.2) is 78.1 Å². The number of pyridine rings is 1. The molecular weight excluding hydrogens is 1580 g/mol. The van der Waals surface area contributed by atoms with E-state index in [-0.39, 0.29) is 68.1 Å². The first-order valence-electron chi connectivity index (χ1n) is 39.1. The number of carbonyl (C=O) groups excluding carboxylic acids is 10. The van der Waals surface area contributed by atoms with Crippen molar-refractivity contribution in [3.8, 4) is 0 Å². The average Bonchev–Trinajstić information content (AvgIpc) is 1.46. The van der Waals surface area contributed by atoms with Gasteiger partial charge < -0.3 is 81.0 Å². The molecule has 3 heterocycles. The predicted octanol–water partition coefficient (Wildman–Crippen LogP) is 4.07. The fourth-order valence-corrected chi connectivity index (χ4v) is 15.1. The maximum absolute atomic E-state index is 14.9. The van der Waals surface area contributed by atoms with E-state index in [9.17, 15) is 81.0 Å². The van der Waals surface area contributed by atoms with Gasteiger partial charge in [-0.05, 0) is 79.5 Å². The van der Waals surface area contributed by atoms with E-state index in [0.29, 0.717) is 60.3 Å². The molecule has 1 saturated heterocycles. The zero-order chi connectivity index (χ0) is 88.4. The molecular formula is C77H121N17O22PS+. The van der Waals surface area contributed by atoms with Crippen molar-refractivity contribution in [1.29, 1.82) is 0 Å². The quantitative estimate of drug-likeness (QED) is 0.00989. The van der Waals surface area contributed by atoms with Gasteiger partial charge in [-0.15, -0.1) is 5.10 Å². The van der Waals surface area contributed by atoms with E-state index in [1.54, 1.807) is 104 Å². The highest BCUT2D eigenvalue weighted by atomic mass is 32.2. The molecule has 0 bridgehead atoms. The molecule has 39 nitrogen and oxygen atoms in total. The van der Waals surface area contributed by atoms with E-state index in [1.807, 2.05) is 41.1 Å². The number of anilines is 1. The summed E-state index contributed by atoms with van der Waals surface area (Å²) in [5.41, 5.74) is 5.21. The standard InChI is InChI=1S/C77H120N17O22PS/c1-19-49(8)66(60(112-16)40-62(96)92-34-24-28-58(92)68(113-17)50(9)69(98)81-51(10)67(97)53-25-21-20-22-26-53)88(11)75(103)64(47(4)5)85-72(101)65(48(6)7)89(12)77(105)114-45-52-29-31-55(32-30-52)82-70(99)57(27-23-33-79-76(78)104)83-71(100)63(46(2)3)84-61(95)44-91-43-56(86-87-91)42-90(35-37-115-117(108,109)116-38-36-94(13,14)15)74(102)54-39-59(93(106)107)73(80-41-54)118(18,110)111/h20-22,25-26,29-32,39,41,43,46-51,57-58,60,63-68,97H,19,23-24,27-28,33-38,40,42,44-45H2,1-18H3,(H8-,78,79,81,82,83,84,85,95,98,99,100,101,104,108,109)/p+1/t49-,50+,51+,57-,58-,60+,63-,64-,65-,66-,67+,68+/m0/s1. The first-order valence-corrected chi connectivity index (χ1v) is 42.5. The molecule has 0 spiro atoms. The van der Waals surface area contributed by atoms with Crippen molar-refractivity contribution >= 4 is 88.4 Å². The number of hydrogen-bond donors (Lipinski definition) is 9. The first-order chi connectivity index (χ1) is 55.2. The number of likely N-dealkylation sites (N-methyl/N-ethyl adjacent to an activating group) is 3. The summed E-state index contributed by atoms with van der Waals surface area (Å²) in [6, 6.07) is 8.48. The zero-order valence-corrected chi connectivity index (χ0v) is 72.4.